The summed E-state index contributed by atoms with van der Waals surface area (Å²) >= 11 is 1.88. The predicted molar refractivity (Wildman–Crippen MR) is 223 cm³/mol. The van der Waals surface area contributed by atoms with Gasteiger partial charge in [0.05, 0.1) is 54.6 Å². The third-order valence-corrected chi connectivity index (χ3v) is 13.2. The first-order chi connectivity index (χ1) is 28.4. The Morgan fingerprint density at radius 1 is 1.10 bits per heavy atom. The zero-order valence-corrected chi connectivity index (χ0v) is 37.5. The smallest absolute Gasteiger partial charge is 0.320 e. The number of carbonyl (C=O) groups excluding carboxylic acids is 4. The number of oxime groups is 1. The molecule has 0 spiro atoms. The van der Waals surface area contributed by atoms with Gasteiger partial charge in [0.2, 0.25) is 5.91 Å². The number of aromatic nitrogens is 2. The van der Waals surface area contributed by atoms with E-state index in [4.69, 9.17) is 33.0 Å². The molecule has 4 fully saturated rings. The van der Waals surface area contributed by atoms with Crippen LogP contribution in [0, 0.1) is 29.6 Å². The molecule has 13 atom stereocenters. The summed E-state index contributed by atoms with van der Waals surface area (Å²) in [5, 5.41) is 20.2. The maximum Gasteiger partial charge on any atom is 0.320 e. The number of esters is 2. The molecular formula is C42H56IN5O12. The summed E-state index contributed by atoms with van der Waals surface area (Å²) in [7, 11) is 1.85. The molecule has 0 aromatic carbocycles. The first-order valence-electron chi connectivity index (χ1n) is 20.5. The largest absolute Gasteiger partial charge is 0.454 e. The highest BCUT2D eigenvalue weighted by Gasteiger charge is 2.53. The molecule has 4 aliphatic heterocycles. The molecular weight excluding hydrogens is 893 g/mol. The van der Waals surface area contributed by atoms with Gasteiger partial charge >= 0.3 is 11.9 Å². The molecule has 2 aromatic heterocycles. The lowest BCUT2D eigenvalue weighted by Crippen LogP contribution is -2.63. The Bertz CT molecular complexity index is 1910. The highest BCUT2D eigenvalue weighted by atomic mass is 127. The van der Waals surface area contributed by atoms with Crippen molar-refractivity contribution in [2.24, 2.45) is 39.7 Å². The van der Waals surface area contributed by atoms with Crippen molar-refractivity contribution in [1.82, 2.24) is 15.0 Å². The minimum Gasteiger partial charge on any atom is -0.454 e. The second-order valence-corrected chi connectivity index (χ2v) is 18.1. The number of hydrogen-bond donors (Lipinski definition) is 1. The second kappa shape index (κ2) is 19.6. The van der Waals surface area contributed by atoms with E-state index in [9.17, 15) is 24.3 Å². The number of pyridine rings is 1. The number of carbonyl (C=O) groups is 4. The second-order valence-electron chi connectivity index (χ2n) is 16.8. The van der Waals surface area contributed by atoms with Crippen molar-refractivity contribution in [3.05, 3.63) is 36.3 Å². The molecule has 4 saturated heterocycles. The van der Waals surface area contributed by atoms with Crippen molar-refractivity contribution < 1.29 is 57.3 Å². The summed E-state index contributed by atoms with van der Waals surface area (Å²) in [5.74, 6) is -5.37. The Balaban J connectivity index is 1.42. The maximum absolute atomic E-state index is 14.5. The molecule has 1 amide bonds. The standard InChI is InChI=1S/C42H56IN5O12/c1-21-16-42(7)38(58-41-37-31(15-22(2)56-41)48(8)18-33(50)57-37)24(4)35(51)25(5)40(53)59-39(43)36(52)30(23(3)34(21)46-26(6)49)12-11-29(19-54-42)47-55-20-28-10-9-27(17-44-28)32-13-14-45-60-32/h9-10,13-14,17,21-25,30-31,36-39,41,52H,11-12,15-16,18-20H2,1-8H3/b46-34+,47-29+/t21-,22-,23-,24+,25-,30-,31+,36+,37-,38-,39+,41+,42-/m1/s1. The lowest BCUT2D eigenvalue weighted by Gasteiger charge is -2.49. The number of amides is 1. The molecule has 4 aliphatic rings. The highest BCUT2D eigenvalue weighted by Crippen LogP contribution is 2.41. The van der Waals surface area contributed by atoms with Crippen LogP contribution in [0.2, 0.25) is 0 Å². The van der Waals surface area contributed by atoms with E-state index in [1.165, 1.54) is 13.8 Å². The summed E-state index contributed by atoms with van der Waals surface area (Å²) < 4.78 is 36.1. The van der Waals surface area contributed by atoms with Gasteiger partial charge in [-0.2, -0.15) is 0 Å². The Morgan fingerprint density at radius 3 is 2.55 bits per heavy atom. The number of aliphatic imine (C=N–C) groups is 1. The molecule has 2 bridgehead atoms. The Kier molecular flexibility index (Phi) is 14.9. The molecule has 1 N–H and O–H groups in total. The number of hydrogen-bond acceptors (Lipinski definition) is 16. The van der Waals surface area contributed by atoms with Gasteiger partial charge in [-0.3, -0.25) is 29.1 Å². The number of rotatable bonds is 6. The van der Waals surface area contributed by atoms with Crippen LogP contribution in [0.3, 0.4) is 0 Å². The van der Waals surface area contributed by atoms with Gasteiger partial charge in [0.1, 0.15) is 12.0 Å². The van der Waals surface area contributed by atoms with Gasteiger partial charge in [0, 0.05) is 42.3 Å². The first kappa shape index (κ1) is 45.8. The number of Topliss-reactive ketones (excluding diaryl/α,β-unsaturated/α-hetero) is 1. The highest BCUT2D eigenvalue weighted by molar-refractivity contribution is 14.1. The van der Waals surface area contributed by atoms with Gasteiger partial charge in [-0.15, -0.1) is 0 Å². The Morgan fingerprint density at radius 2 is 1.87 bits per heavy atom. The van der Waals surface area contributed by atoms with Gasteiger partial charge in [0.25, 0.3) is 0 Å². The number of aliphatic hydroxyl groups excluding tert-OH is 1. The van der Waals surface area contributed by atoms with Crippen molar-refractivity contribution in [2.45, 2.75) is 127 Å². The van der Waals surface area contributed by atoms with E-state index in [1.54, 1.807) is 31.5 Å². The van der Waals surface area contributed by atoms with E-state index < -0.39 is 87.5 Å². The van der Waals surface area contributed by atoms with E-state index in [1.807, 2.05) is 68.3 Å². The number of ether oxygens (including phenoxy) is 5. The van der Waals surface area contributed by atoms with E-state index in [0.717, 1.165) is 5.56 Å². The van der Waals surface area contributed by atoms with Gasteiger partial charge < -0.3 is 38.2 Å². The van der Waals surface area contributed by atoms with Gasteiger partial charge in [-0.25, -0.2) is 4.99 Å². The summed E-state index contributed by atoms with van der Waals surface area (Å²) in [6.45, 7) is 12.1. The summed E-state index contributed by atoms with van der Waals surface area (Å²) in [4.78, 5) is 70.5. The van der Waals surface area contributed by atoms with Crippen LogP contribution < -0.4 is 0 Å². The van der Waals surface area contributed by atoms with E-state index in [2.05, 4.69) is 20.3 Å². The van der Waals surface area contributed by atoms with Crippen LogP contribution in [0.25, 0.3) is 11.3 Å². The molecule has 0 unspecified atom stereocenters. The number of fused-ring (bicyclic) bond motifs is 6. The van der Waals surface area contributed by atoms with Crippen LogP contribution in [0.4, 0.5) is 0 Å². The zero-order chi connectivity index (χ0) is 43.5. The number of alkyl halides is 1. The lowest BCUT2D eigenvalue weighted by atomic mass is 9.73. The van der Waals surface area contributed by atoms with Crippen LogP contribution in [-0.4, -0.2) is 122 Å². The van der Waals surface area contributed by atoms with Crippen LogP contribution >= 0.6 is 22.6 Å². The molecule has 6 rings (SSSR count). The van der Waals surface area contributed by atoms with E-state index >= 15 is 0 Å². The van der Waals surface area contributed by atoms with Crippen molar-refractivity contribution in [3.8, 4) is 11.3 Å². The molecule has 17 nitrogen and oxygen atoms in total. The number of nitrogens with zero attached hydrogens (tertiary/aromatic N) is 5. The normalized spacial score (nSPS) is 37.6. The molecule has 0 saturated carbocycles. The average molecular weight is 950 g/mol. The van der Waals surface area contributed by atoms with Gasteiger partial charge in [0.15, 0.2) is 34.7 Å². The summed E-state index contributed by atoms with van der Waals surface area (Å²) in [6, 6.07) is 5.14. The third kappa shape index (κ3) is 10.5. The summed E-state index contributed by atoms with van der Waals surface area (Å²) in [6.07, 6.45) is -0.0231. The molecule has 18 heteroatoms. The Hall–Kier alpha value is -3.69. The van der Waals surface area contributed by atoms with Crippen LogP contribution in [-0.2, 0) is 54.3 Å². The van der Waals surface area contributed by atoms with Crippen LogP contribution in [0.1, 0.15) is 79.8 Å². The molecule has 6 heterocycles. The number of morpholine rings is 1. The first-order valence-corrected chi connectivity index (χ1v) is 21.7. The van der Waals surface area contributed by atoms with Crippen LogP contribution in [0.15, 0.2) is 45.3 Å². The predicted octanol–water partition coefficient (Wildman–Crippen LogP) is 4.71. The molecule has 2 aromatic rings. The monoisotopic (exact) mass is 949 g/mol. The minimum absolute atomic E-state index is 0.0280. The fourth-order valence-electron chi connectivity index (χ4n) is 8.96. The van der Waals surface area contributed by atoms with Crippen molar-refractivity contribution >= 4 is 57.6 Å². The molecule has 60 heavy (non-hydrogen) atoms. The minimum atomic E-state index is -1.37. The SMILES string of the molecule is CC(=O)/N=C1\[C@H](C)C[C@@]2(C)OC/C(=N/OCc3ccc(-c4ccno4)cn3)CC[C@@H]([C@H](O)[C@@H](I)OC(=O)[C@H](C)C(=O)[C@H](C)[C@H]2O[C@@H]2O[C@H](C)C[C@H]3[C@H]2OC(=O)CN3C)[C@H]1C. The summed E-state index contributed by atoms with van der Waals surface area (Å²) in [5.41, 5.74) is 0.979. The maximum atomic E-state index is 14.5. The number of likely N-dealkylation sites (N-methyl/N-ethyl adjacent to an activating group) is 1. The van der Waals surface area contributed by atoms with Gasteiger partial charge in [-0.05, 0) is 100 Å². The van der Waals surface area contributed by atoms with E-state index in [0.29, 0.717) is 35.7 Å². The quantitative estimate of drug-likeness (QED) is 0.137. The number of halogens is 1. The lowest BCUT2D eigenvalue weighted by molar-refractivity contribution is -0.305. The average Bonchev–Trinajstić information content (AvgIpc) is 3.74. The van der Waals surface area contributed by atoms with Crippen molar-refractivity contribution in [2.75, 3.05) is 20.2 Å². The topological polar surface area (TPSA) is 211 Å². The molecule has 0 radical (unpaired) electrons. The number of cyclic esters (lactones) is 1. The Labute approximate surface area is 363 Å². The van der Waals surface area contributed by atoms with Crippen LogP contribution in [0.5, 0.6) is 0 Å². The zero-order valence-electron chi connectivity index (χ0n) is 35.3. The molecule has 328 valence electrons. The number of ketones is 1. The van der Waals surface area contributed by atoms with Crippen molar-refractivity contribution in [1.29, 1.82) is 0 Å². The third-order valence-electron chi connectivity index (χ3n) is 12.2. The number of aliphatic hydroxyl groups is 1. The van der Waals surface area contributed by atoms with Crippen molar-refractivity contribution in [3.63, 3.8) is 0 Å². The fraction of sp³-hybridized carbons (Fsp3) is 0.667. The fourth-order valence-corrected chi connectivity index (χ4v) is 9.74. The van der Waals surface area contributed by atoms with E-state index in [-0.39, 0.29) is 44.7 Å². The molecule has 0 aliphatic carbocycles. The van der Waals surface area contributed by atoms with Gasteiger partial charge in [-0.1, -0.05) is 31.1 Å².